The topological polar surface area (TPSA) is 21.3 Å². The molecule has 0 saturated carbocycles. The van der Waals surface area contributed by atoms with Crippen molar-refractivity contribution in [2.75, 3.05) is 19.7 Å². The van der Waals surface area contributed by atoms with Crippen LogP contribution < -0.4 is 10.1 Å². The van der Waals surface area contributed by atoms with Crippen molar-refractivity contribution in [2.45, 2.75) is 53.4 Å². The molecular weight excluding hydrogens is 246 g/mol. The normalized spacial score (nSPS) is 11.3. The van der Waals surface area contributed by atoms with Gasteiger partial charge < -0.3 is 10.1 Å². The van der Waals surface area contributed by atoms with Crippen molar-refractivity contribution in [1.82, 2.24) is 5.32 Å². The van der Waals surface area contributed by atoms with E-state index in [4.69, 9.17) is 4.74 Å². The van der Waals surface area contributed by atoms with Crippen LogP contribution in [0, 0.1) is 12.8 Å². The van der Waals surface area contributed by atoms with Gasteiger partial charge in [0.25, 0.3) is 0 Å². The predicted octanol–water partition coefficient (Wildman–Crippen LogP) is 4.52. The minimum atomic E-state index is 0.548. The molecule has 1 N–H and O–H groups in total. The number of hydrogen-bond acceptors (Lipinski definition) is 2. The zero-order chi connectivity index (χ0) is 15.0. The van der Waals surface area contributed by atoms with Gasteiger partial charge in [0.1, 0.15) is 12.4 Å². The Morgan fingerprint density at radius 1 is 1.05 bits per heavy atom. The second-order valence-electron chi connectivity index (χ2n) is 6.37. The number of aryl methyl sites for hydroxylation is 1. The van der Waals surface area contributed by atoms with Crippen molar-refractivity contribution >= 4 is 0 Å². The summed E-state index contributed by atoms with van der Waals surface area (Å²) in [7, 11) is 0. The monoisotopic (exact) mass is 277 g/mol. The van der Waals surface area contributed by atoms with E-state index < -0.39 is 0 Å². The SMILES string of the molecule is Cc1cc(OCCNCCCC(C)C)cc(C(C)C)c1. The second kappa shape index (κ2) is 9.02. The first-order valence-electron chi connectivity index (χ1n) is 7.94. The molecule has 0 aliphatic carbocycles. The summed E-state index contributed by atoms with van der Waals surface area (Å²) in [6.45, 7) is 13.9. The van der Waals surface area contributed by atoms with E-state index >= 15 is 0 Å². The van der Waals surface area contributed by atoms with Crippen molar-refractivity contribution in [3.63, 3.8) is 0 Å². The fraction of sp³-hybridized carbons (Fsp3) is 0.667. The van der Waals surface area contributed by atoms with E-state index in [-0.39, 0.29) is 0 Å². The molecule has 114 valence electrons. The number of rotatable bonds is 9. The van der Waals surface area contributed by atoms with Gasteiger partial charge in [-0.05, 0) is 61.4 Å². The van der Waals surface area contributed by atoms with Crippen LogP contribution in [0.2, 0.25) is 0 Å². The number of benzene rings is 1. The molecule has 0 heterocycles. The molecular formula is C18H31NO. The third kappa shape index (κ3) is 6.95. The van der Waals surface area contributed by atoms with E-state index in [0.717, 1.165) is 31.4 Å². The van der Waals surface area contributed by atoms with E-state index in [1.165, 1.54) is 24.0 Å². The van der Waals surface area contributed by atoms with Gasteiger partial charge in [0.15, 0.2) is 0 Å². The first-order valence-corrected chi connectivity index (χ1v) is 7.94. The Kier molecular flexibility index (Phi) is 7.68. The molecule has 0 aliphatic heterocycles. The van der Waals surface area contributed by atoms with Crippen LogP contribution in [0.15, 0.2) is 18.2 Å². The Morgan fingerprint density at radius 3 is 2.45 bits per heavy atom. The number of hydrogen-bond donors (Lipinski definition) is 1. The van der Waals surface area contributed by atoms with Gasteiger partial charge in [-0.25, -0.2) is 0 Å². The fourth-order valence-corrected chi connectivity index (χ4v) is 2.19. The molecule has 0 atom stereocenters. The van der Waals surface area contributed by atoms with Crippen LogP contribution in [0.5, 0.6) is 5.75 Å². The maximum absolute atomic E-state index is 5.84. The van der Waals surface area contributed by atoms with Gasteiger partial charge >= 0.3 is 0 Å². The largest absolute Gasteiger partial charge is 0.492 e. The zero-order valence-electron chi connectivity index (χ0n) is 13.8. The Balaban J connectivity index is 2.25. The smallest absolute Gasteiger partial charge is 0.119 e. The molecule has 1 aromatic rings. The lowest BCUT2D eigenvalue weighted by Crippen LogP contribution is -2.22. The van der Waals surface area contributed by atoms with Gasteiger partial charge in [-0.3, -0.25) is 0 Å². The van der Waals surface area contributed by atoms with Crippen molar-refractivity contribution in [3.05, 3.63) is 29.3 Å². The van der Waals surface area contributed by atoms with Gasteiger partial charge in [-0.2, -0.15) is 0 Å². The molecule has 20 heavy (non-hydrogen) atoms. The van der Waals surface area contributed by atoms with Gasteiger partial charge in [-0.15, -0.1) is 0 Å². The summed E-state index contributed by atoms with van der Waals surface area (Å²) in [6.07, 6.45) is 2.54. The minimum absolute atomic E-state index is 0.548. The molecule has 0 amide bonds. The molecule has 0 saturated heterocycles. The fourth-order valence-electron chi connectivity index (χ4n) is 2.19. The van der Waals surface area contributed by atoms with E-state index in [1.807, 2.05) is 0 Å². The summed E-state index contributed by atoms with van der Waals surface area (Å²) in [6, 6.07) is 6.52. The highest BCUT2D eigenvalue weighted by molar-refractivity contribution is 5.35. The molecule has 1 rings (SSSR count). The van der Waals surface area contributed by atoms with Crippen LogP contribution >= 0.6 is 0 Å². The molecule has 1 aromatic carbocycles. The molecule has 0 fully saturated rings. The van der Waals surface area contributed by atoms with Crippen LogP contribution in [-0.2, 0) is 0 Å². The summed E-state index contributed by atoms with van der Waals surface area (Å²) in [5.74, 6) is 2.35. The molecule has 0 aliphatic rings. The van der Waals surface area contributed by atoms with Crippen LogP contribution in [0.25, 0.3) is 0 Å². The first-order chi connectivity index (χ1) is 9.49. The third-order valence-corrected chi connectivity index (χ3v) is 3.42. The average Bonchev–Trinajstić information content (AvgIpc) is 2.36. The second-order valence-corrected chi connectivity index (χ2v) is 6.37. The molecule has 0 bridgehead atoms. The lowest BCUT2D eigenvalue weighted by Gasteiger charge is -2.12. The third-order valence-electron chi connectivity index (χ3n) is 3.42. The van der Waals surface area contributed by atoms with E-state index in [0.29, 0.717) is 5.92 Å². The molecule has 0 unspecified atom stereocenters. The number of nitrogens with one attached hydrogen (secondary N) is 1. The minimum Gasteiger partial charge on any atom is -0.492 e. The Bertz CT molecular complexity index is 385. The number of ether oxygens (including phenoxy) is 1. The van der Waals surface area contributed by atoms with Crippen molar-refractivity contribution in [2.24, 2.45) is 5.92 Å². The van der Waals surface area contributed by atoms with E-state index in [9.17, 15) is 0 Å². The Hall–Kier alpha value is -1.02. The highest BCUT2D eigenvalue weighted by Gasteiger charge is 2.03. The Morgan fingerprint density at radius 2 is 1.80 bits per heavy atom. The van der Waals surface area contributed by atoms with Crippen LogP contribution in [0.3, 0.4) is 0 Å². The Labute approximate surface area is 124 Å². The summed E-state index contributed by atoms with van der Waals surface area (Å²) < 4.78 is 5.84. The summed E-state index contributed by atoms with van der Waals surface area (Å²) >= 11 is 0. The highest BCUT2D eigenvalue weighted by atomic mass is 16.5. The maximum Gasteiger partial charge on any atom is 0.119 e. The highest BCUT2D eigenvalue weighted by Crippen LogP contribution is 2.22. The summed E-state index contributed by atoms with van der Waals surface area (Å²) in [5.41, 5.74) is 2.63. The molecule has 0 radical (unpaired) electrons. The van der Waals surface area contributed by atoms with Gasteiger partial charge in [-0.1, -0.05) is 33.8 Å². The lowest BCUT2D eigenvalue weighted by molar-refractivity contribution is 0.312. The van der Waals surface area contributed by atoms with Crippen molar-refractivity contribution in [3.8, 4) is 5.75 Å². The summed E-state index contributed by atoms with van der Waals surface area (Å²) in [5, 5.41) is 3.44. The van der Waals surface area contributed by atoms with Crippen molar-refractivity contribution < 1.29 is 4.74 Å². The molecule has 0 spiro atoms. The standard InChI is InChI=1S/C18H31NO/c1-14(2)7-6-8-19-9-10-20-18-12-16(5)11-17(13-18)15(3)4/h11-15,19H,6-10H2,1-5H3. The van der Waals surface area contributed by atoms with E-state index in [2.05, 4.69) is 58.1 Å². The van der Waals surface area contributed by atoms with Gasteiger partial charge in [0, 0.05) is 6.54 Å². The molecule has 2 heteroatoms. The lowest BCUT2D eigenvalue weighted by atomic mass is 10.0. The molecule has 0 aromatic heterocycles. The van der Waals surface area contributed by atoms with Crippen LogP contribution in [0.1, 0.15) is 57.6 Å². The first kappa shape index (κ1) is 17.0. The van der Waals surface area contributed by atoms with Crippen LogP contribution in [0.4, 0.5) is 0 Å². The van der Waals surface area contributed by atoms with Crippen molar-refractivity contribution in [1.29, 1.82) is 0 Å². The predicted molar refractivity (Wildman–Crippen MR) is 87.7 cm³/mol. The maximum atomic E-state index is 5.84. The van der Waals surface area contributed by atoms with Crippen LogP contribution in [-0.4, -0.2) is 19.7 Å². The molecule has 2 nitrogen and oxygen atoms in total. The summed E-state index contributed by atoms with van der Waals surface area (Å²) in [4.78, 5) is 0. The van der Waals surface area contributed by atoms with Gasteiger partial charge in [0.2, 0.25) is 0 Å². The average molecular weight is 277 g/mol. The van der Waals surface area contributed by atoms with E-state index in [1.54, 1.807) is 0 Å². The quantitative estimate of drug-likeness (QED) is 0.670. The van der Waals surface area contributed by atoms with Gasteiger partial charge in [0.05, 0.1) is 0 Å². The zero-order valence-corrected chi connectivity index (χ0v) is 13.8.